The molecule has 0 spiro atoms. The van der Waals surface area contributed by atoms with E-state index in [1.54, 1.807) is 21.6 Å². The van der Waals surface area contributed by atoms with E-state index in [0.29, 0.717) is 12.2 Å². The molecule has 0 rings (SSSR count). The van der Waals surface area contributed by atoms with Crippen molar-refractivity contribution in [1.29, 1.82) is 0 Å². The molecule has 0 aromatic rings. The molecule has 0 bridgehead atoms. The number of carbonyl (C=O) groups excluding carboxylic acids is 2. The highest BCUT2D eigenvalue weighted by molar-refractivity contribution is 8.76. The van der Waals surface area contributed by atoms with Crippen molar-refractivity contribution in [3.8, 4) is 0 Å². The standard InChI is InChI=1S/C14H28N2O2S2/c1-2-3-4-5-6-7-8-12(14(16)18)11-20-19-10-9-13(15)17/h12H,2-11H2,1H3,(H2,15,17)(H2,16,18). The van der Waals surface area contributed by atoms with E-state index >= 15 is 0 Å². The first-order valence-corrected chi connectivity index (χ1v) is 9.88. The van der Waals surface area contributed by atoms with E-state index in [1.165, 1.54) is 32.1 Å². The quantitative estimate of drug-likeness (QED) is 0.380. The summed E-state index contributed by atoms with van der Waals surface area (Å²) >= 11 is 0. The molecule has 1 atom stereocenters. The van der Waals surface area contributed by atoms with Crippen LogP contribution in [0.2, 0.25) is 0 Å². The van der Waals surface area contributed by atoms with Gasteiger partial charge < -0.3 is 11.5 Å². The Morgan fingerprint density at radius 3 is 2.25 bits per heavy atom. The van der Waals surface area contributed by atoms with Crippen LogP contribution in [-0.4, -0.2) is 23.3 Å². The lowest BCUT2D eigenvalue weighted by Crippen LogP contribution is -2.25. The molecular weight excluding hydrogens is 292 g/mol. The van der Waals surface area contributed by atoms with E-state index in [1.807, 2.05) is 0 Å². The fraction of sp³-hybridized carbons (Fsp3) is 0.857. The van der Waals surface area contributed by atoms with E-state index in [2.05, 4.69) is 6.92 Å². The monoisotopic (exact) mass is 320 g/mol. The van der Waals surface area contributed by atoms with Crippen LogP contribution in [0.1, 0.15) is 58.3 Å². The summed E-state index contributed by atoms with van der Waals surface area (Å²) in [5.41, 5.74) is 10.5. The molecule has 4 nitrogen and oxygen atoms in total. The Bertz CT molecular complexity index is 276. The van der Waals surface area contributed by atoms with Gasteiger partial charge in [0.15, 0.2) is 0 Å². The molecule has 0 heterocycles. The second-order valence-corrected chi connectivity index (χ2v) is 7.61. The van der Waals surface area contributed by atoms with Crippen LogP contribution in [0.3, 0.4) is 0 Å². The Hall–Kier alpha value is -0.360. The highest BCUT2D eigenvalue weighted by Crippen LogP contribution is 2.26. The number of hydrogen-bond donors (Lipinski definition) is 2. The van der Waals surface area contributed by atoms with Gasteiger partial charge in [-0.2, -0.15) is 0 Å². The molecule has 0 saturated carbocycles. The third kappa shape index (κ3) is 12.7. The molecule has 0 fully saturated rings. The van der Waals surface area contributed by atoms with Crippen molar-refractivity contribution in [2.45, 2.75) is 58.3 Å². The summed E-state index contributed by atoms with van der Waals surface area (Å²) in [6.07, 6.45) is 8.61. The van der Waals surface area contributed by atoms with Gasteiger partial charge in [0.25, 0.3) is 0 Å². The molecule has 4 N–H and O–H groups in total. The molecule has 0 aliphatic heterocycles. The molecule has 0 aliphatic rings. The molecule has 20 heavy (non-hydrogen) atoms. The molecule has 0 radical (unpaired) electrons. The van der Waals surface area contributed by atoms with Crippen LogP contribution in [-0.2, 0) is 9.59 Å². The van der Waals surface area contributed by atoms with Crippen LogP contribution in [0.15, 0.2) is 0 Å². The summed E-state index contributed by atoms with van der Waals surface area (Å²) in [4.78, 5) is 21.9. The lowest BCUT2D eigenvalue weighted by Gasteiger charge is -2.12. The summed E-state index contributed by atoms with van der Waals surface area (Å²) in [5, 5.41) is 0. The van der Waals surface area contributed by atoms with E-state index in [9.17, 15) is 9.59 Å². The normalized spacial score (nSPS) is 12.2. The second-order valence-electron chi connectivity index (χ2n) is 4.98. The Kier molecular flexibility index (Phi) is 13.4. The van der Waals surface area contributed by atoms with E-state index < -0.39 is 0 Å². The zero-order valence-electron chi connectivity index (χ0n) is 12.4. The van der Waals surface area contributed by atoms with Gasteiger partial charge >= 0.3 is 0 Å². The zero-order chi connectivity index (χ0) is 15.2. The molecule has 6 heteroatoms. The molecular formula is C14H28N2O2S2. The molecule has 2 amide bonds. The summed E-state index contributed by atoms with van der Waals surface area (Å²) in [6.45, 7) is 2.20. The van der Waals surface area contributed by atoms with Gasteiger partial charge in [-0.15, -0.1) is 0 Å². The first-order chi connectivity index (χ1) is 9.57. The number of nitrogens with two attached hydrogens (primary N) is 2. The Labute approximate surface area is 130 Å². The van der Waals surface area contributed by atoms with Crippen LogP contribution in [0.5, 0.6) is 0 Å². The van der Waals surface area contributed by atoms with Gasteiger partial charge in [0.2, 0.25) is 11.8 Å². The molecule has 0 aromatic carbocycles. The van der Waals surface area contributed by atoms with Gasteiger partial charge in [-0.1, -0.05) is 67.0 Å². The summed E-state index contributed by atoms with van der Waals surface area (Å²) in [6, 6.07) is 0. The number of primary amides is 2. The van der Waals surface area contributed by atoms with Gasteiger partial charge in [0.1, 0.15) is 0 Å². The van der Waals surface area contributed by atoms with Crippen molar-refractivity contribution in [3.63, 3.8) is 0 Å². The molecule has 118 valence electrons. The first kappa shape index (κ1) is 19.6. The summed E-state index contributed by atoms with van der Waals surface area (Å²) < 4.78 is 0. The van der Waals surface area contributed by atoms with Crippen LogP contribution < -0.4 is 11.5 Å². The van der Waals surface area contributed by atoms with Gasteiger partial charge in [-0.25, -0.2) is 0 Å². The Morgan fingerprint density at radius 2 is 1.65 bits per heavy atom. The molecule has 0 saturated heterocycles. The topological polar surface area (TPSA) is 86.2 Å². The van der Waals surface area contributed by atoms with Crippen molar-refractivity contribution < 1.29 is 9.59 Å². The van der Waals surface area contributed by atoms with Crippen LogP contribution in [0.4, 0.5) is 0 Å². The highest BCUT2D eigenvalue weighted by atomic mass is 33.1. The summed E-state index contributed by atoms with van der Waals surface area (Å²) in [7, 11) is 3.20. The van der Waals surface area contributed by atoms with Crippen molar-refractivity contribution in [2.24, 2.45) is 17.4 Å². The maximum absolute atomic E-state index is 11.4. The predicted molar refractivity (Wildman–Crippen MR) is 89.4 cm³/mol. The lowest BCUT2D eigenvalue weighted by molar-refractivity contribution is -0.121. The SMILES string of the molecule is CCCCCCCCC(CSSCCC(N)=O)C(N)=O. The largest absolute Gasteiger partial charge is 0.370 e. The van der Waals surface area contributed by atoms with Crippen molar-refractivity contribution in [2.75, 3.05) is 11.5 Å². The average molecular weight is 321 g/mol. The van der Waals surface area contributed by atoms with Gasteiger partial charge in [-0.05, 0) is 6.42 Å². The van der Waals surface area contributed by atoms with Gasteiger partial charge in [-0.3, -0.25) is 9.59 Å². The smallest absolute Gasteiger partial charge is 0.221 e. The predicted octanol–water partition coefficient (Wildman–Crippen LogP) is 3.10. The second kappa shape index (κ2) is 13.6. The minimum atomic E-state index is -0.281. The maximum Gasteiger partial charge on any atom is 0.221 e. The van der Waals surface area contributed by atoms with E-state index in [-0.39, 0.29) is 17.7 Å². The molecule has 1 unspecified atom stereocenters. The van der Waals surface area contributed by atoms with Gasteiger partial charge in [0, 0.05) is 23.8 Å². The number of unbranched alkanes of at least 4 members (excludes halogenated alkanes) is 5. The minimum absolute atomic E-state index is 0.0488. The van der Waals surface area contributed by atoms with Crippen molar-refractivity contribution >= 4 is 33.4 Å². The first-order valence-electron chi connectivity index (χ1n) is 7.40. The fourth-order valence-electron chi connectivity index (χ4n) is 1.81. The number of amides is 2. The fourth-order valence-corrected chi connectivity index (χ4v) is 4.19. The third-order valence-electron chi connectivity index (χ3n) is 3.09. The molecule has 0 aliphatic carbocycles. The minimum Gasteiger partial charge on any atom is -0.370 e. The lowest BCUT2D eigenvalue weighted by atomic mass is 10.0. The maximum atomic E-state index is 11.4. The molecule has 0 aromatic heterocycles. The van der Waals surface area contributed by atoms with E-state index in [4.69, 9.17) is 11.5 Å². The van der Waals surface area contributed by atoms with Crippen molar-refractivity contribution in [3.05, 3.63) is 0 Å². The Morgan fingerprint density at radius 1 is 1.00 bits per heavy atom. The highest BCUT2D eigenvalue weighted by Gasteiger charge is 2.15. The van der Waals surface area contributed by atoms with Gasteiger partial charge in [0.05, 0.1) is 0 Å². The zero-order valence-corrected chi connectivity index (χ0v) is 14.1. The van der Waals surface area contributed by atoms with Crippen LogP contribution in [0.25, 0.3) is 0 Å². The average Bonchev–Trinajstić information content (AvgIpc) is 2.39. The van der Waals surface area contributed by atoms with Crippen LogP contribution in [0, 0.1) is 5.92 Å². The summed E-state index contributed by atoms with van der Waals surface area (Å²) in [5.74, 6) is 0.890. The number of hydrogen-bond acceptors (Lipinski definition) is 4. The van der Waals surface area contributed by atoms with Crippen LogP contribution >= 0.6 is 21.6 Å². The Balaban J connectivity index is 3.61. The third-order valence-corrected chi connectivity index (χ3v) is 5.58. The number of rotatable bonds is 14. The van der Waals surface area contributed by atoms with E-state index in [0.717, 1.165) is 18.6 Å². The number of carbonyl (C=O) groups is 2. The van der Waals surface area contributed by atoms with Crippen molar-refractivity contribution in [1.82, 2.24) is 0 Å².